The van der Waals surface area contributed by atoms with Crippen molar-refractivity contribution in [2.45, 2.75) is 38.0 Å². The first-order valence-corrected chi connectivity index (χ1v) is 9.83. The second kappa shape index (κ2) is 7.07. The lowest BCUT2D eigenvalue weighted by Crippen LogP contribution is -2.10. The number of nitrogens with one attached hydrogen (secondary N) is 1. The van der Waals surface area contributed by atoms with Crippen molar-refractivity contribution >= 4 is 17.2 Å². The van der Waals surface area contributed by atoms with Gasteiger partial charge in [-0.25, -0.2) is 4.98 Å². The number of aryl methyl sites for hydroxylation is 1. The number of hydrogen-bond donors (Lipinski definition) is 1. The molecule has 0 unspecified atom stereocenters. The molecule has 0 bridgehead atoms. The maximum Gasteiger partial charge on any atom is 0.165 e. The van der Waals surface area contributed by atoms with Crippen LogP contribution in [-0.2, 0) is 7.05 Å². The molecule has 142 valence electrons. The van der Waals surface area contributed by atoms with Gasteiger partial charge in [0.2, 0.25) is 0 Å². The zero-order valence-corrected chi connectivity index (χ0v) is 15.9. The van der Waals surface area contributed by atoms with Gasteiger partial charge in [0.05, 0.1) is 12.4 Å². The lowest BCUT2D eigenvalue weighted by Gasteiger charge is -2.22. The summed E-state index contributed by atoms with van der Waals surface area (Å²) in [7, 11) is 1.92. The highest BCUT2D eigenvalue weighted by molar-refractivity contribution is 5.78. The Morgan fingerprint density at radius 2 is 1.86 bits per heavy atom. The second-order valence-electron chi connectivity index (χ2n) is 7.46. The monoisotopic (exact) mass is 373 g/mol. The van der Waals surface area contributed by atoms with Gasteiger partial charge in [-0.05, 0) is 25.0 Å². The van der Waals surface area contributed by atoms with Crippen molar-refractivity contribution in [3.8, 4) is 11.1 Å². The van der Waals surface area contributed by atoms with Crippen LogP contribution in [0, 0.1) is 0 Å². The maximum atomic E-state index is 5.06. The molecule has 0 spiro atoms. The predicted molar refractivity (Wildman–Crippen MR) is 109 cm³/mol. The summed E-state index contributed by atoms with van der Waals surface area (Å²) in [6.07, 6.45) is 15.6. The summed E-state index contributed by atoms with van der Waals surface area (Å²) in [5.74, 6) is 1.43. The Labute approximate surface area is 163 Å². The molecule has 4 aromatic heterocycles. The van der Waals surface area contributed by atoms with E-state index in [2.05, 4.69) is 26.6 Å². The van der Waals surface area contributed by atoms with Crippen molar-refractivity contribution in [3.63, 3.8) is 0 Å². The molecule has 1 N–H and O–H groups in total. The summed E-state index contributed by atoms with van der Waals surface area (Å²) < 4.78 is 3.69. The lowest BCUT2D eigenvalue weighted by molar-refractivity contribution is 0.437. The number of aromatic nitrogens is 6. The summed E-state index contributed by atoms with van der Waals surface area (Å²) in [5.41, 5.74) is 5.03. The molecule has 0 aliphatic heterocycles. The minimum Gasteiger partial charge on any atom is -0.340 e. The Kier molecular flexibility index (Phi) is 4.27. The van der Waals surface area contributed by atoms with E-state index in [1.807, 2.05) is 42.3 Å². The summed E-state index contributed by atoms with van der Waals surface area (Å²) in [5, 5.41) is 12.4. The fraction of sp³-hybridized carbons (Fsp3) is 0.333. The third kappa shape index (κ3) is 3.13. The third-order valence-corrected chi connectivity index (χ3v) is 5.48. The van der Waals surface area contributed by atoms with Gasteiger partial charge in [-0.1, -0.05) is 19.3 Å². The molecular weight excluding hydrogens is 350 g/mol. The molecule has 0 amide bonds. The van der Waals surface area contributed by atoms with Gasteiger partial charge in [0, 0.05) is 60.1 Å². The van der Waals surface area contributed by atoms with Crippen LogP contribution in [0.5, 0.6) is 0 Å². The first-order valence-electron chi connectivity index (χ1n) is 9.83. The Balaban J connectivity index is 1.65. The number of hydrogen-bond acceptors (Lipinski definition) is 5. The van der Waals surface area contributed by atoms with Gasteiger partial charge >= 0.3 is 0 Å². The molecule has 0 saturated heterocycles. The minimum atomic E-state index is 0.508. The average molecular weight is 373 g/mol. The van der Waals surface area contributed by atoms with Crippen LogP contribution in [0.1, 0.15) is 43.7 Å². The zero-order valence-electron chi connectivity index (χ0n) is 15.9. The summed E-state index contributed by atoms with van der Waals surface area (Å²) in [6, 6.07) is 6.07. The van der Waals surface area contributed by atoms with Crippen molar-refractivity contribution in [3.05, 3.63) is 54.9 Å². The minimum absolute atomic E-state index is 0.508. The van der Waals surface area contributed by atoms with Crippen molar-refractivity contribution in [2.75, 3.05) is 5.32 Å². The van der Waals surface area contributed by atoms with Crippen LogP contribution < -0.4 is 5.32 Å². The molecule has 1 aliphatic carbocycles. The molecule has 1 aliphatic rings. The van der Waals surface area contributed by atoms with Crippen molar-refractivity contribution in [1.29, 1.82) is 0 Å². The number of rotatable bonds is 4. The number of anilines is 2. The molecule has 28 heavy (non-hydrogen) atoms. The molecule has 1 saturated carbocycles. The van der Waals surface area contributed by atoms with Gasteiger partial charge in [-0.2, -0.15) is 14.7 Å². The summed E-state index contributed by atoms with van der Waals surface area (Å²) in [4.78, 5) is 9.16. The van der Waals surface area contributed by atoms with Crippen LogP contribution in [-0.4, -0.2) is 29.4 Å². The Morgan fingerprint density at radius 1 is 1.04 bits per heavy atom. The molecule has 5 rings (SSSR count). The smallest absolute Gasteiger partial charge is 0.165 e. The Bertz CT molecular complexity index is 1090. The molecule has 0 aromatic carbocycles. The fourth-order valence-corrected chi connectivity index (χ4v) is 4.03. The molecule has 4 heterocycles. The van der Waals surface area contributed by atoms with E-state index in [0.717, 1.165) is 34.0 Å². The van der Waals surface area contributed by atoms with Crippen LogP contribution >= 0.6 is 0 Å². The Hall–Kier alpha value is -3.22. The number of pyridine rings is 1. The van der Waals surface area contributed by atoms with E-state index < -0.39 is 0 Å². The highest BCUT2D eigenvalue weighted by Crippen LogP contribution is 2.35. The highest BCUT2D eigenvalue weighted by Gasteiger charge is 2.21. The van der Waals surface area contributed by atoms with Crippen molar-refractivity contribution < 1.29 is 0 Å². The third-order valence-electron chi connectivity index (χ3n) is 5.48. The molecule has 1 fully saturated rings. The predicted octanol–water partition coefficient (Wildman–Crippen LogP) is 4.32. The zero-order chi connectivity index (χ0) is 18.9. The maximum absolute atomic E-state index is 5.06. The molecule has 7 heteroatoms. The second-order valence-corrected chi connectivity index (χ2v) is 7.46. The van der Waals surface area contributed by atoms with Gasteiger partial charge in [0.1, 0.15) is 5.82 Å². The van der Waals surface area contributed by atoms with E-state index in [9.17, 15) is 0 Å². The SMILES string of the molecule is Cn1cc(-c2cnn3c(Nc4ccncc4)cc(C4CCCCC4)nc23)cn1. The molecule has 4 aromatic rings. The van der Waals surface area contributed by atoms with Gasteiger partial charge in [0.15, 0.2) is 5.65 Å². The first-order chi connectivity index (χ1) is 13.8. The lowest BCUT2D eigenvalue weighted by atomic mass is 9.87. The van der Waals surface area contributed by atoms with E-state index in [0.29, 0.717) is 5.92 Å². The quantitative estimate of drug-likeness (QED) is 0.577. The molecular formula is C21H23N7. The standard InChI is InChI=1S/C21H23N7/c1-27-14-16(12-23-27)18-13-24-28-20(25-17-7-9-22-10-8-17)11-19(26-21(18)28)15-5-3-2-4-6-15/h7-15H,2-6H2,1H3,(H,22,25). The van der Waals surface area contributed by atoms with E-state index in [1.165, 1.54) is 32.1 Å². The fourth-order valence-electron chi connectivity index (χ4n) is 4.03. The van der Waals surface area contributed by atoms with E-state index in [1.54, 1.807) is 17.1 Å². The first kappa shape index (κ1) is 16.9. The van der Waals surface area contributed by atoms with Gasteiger partial charge in [-0.15, -0.1) is 0 Å². The van der Waals surface area contributed by atoms with Crippen LogP contribution in [0.25, 0.3) is 16.8 Å². The van der Waals surface area contributed by atoms with Crippen molar-refractivity contribution in [1.82, 2.24) is 29.4 Å². The largest absolute Gasteiger partial charge is 0.340 e. The summed E-state index contributed by atoms with van der Waals surface area (Å²) >= 11 is 0. The van der Waals surface area contributed by atoms with Crippen LogP contribution in [0.15, 0.2) is 49.2 Å². The van der Waals surface area contributed by atoms with E-state index >= 15 is 0 Å². The van der Waals surface area contributed by atoms with Crippen molar-refractivity contribution in [2.24, 2.45) is 7.05 Å². The highest BCUT2D eigenvalue weighted by atomic mass is 15.3. The molecule has 7 nitrogen and oxygen atoms in total. The average Bonchev–Trinajstić information content (AvgIpc) is 3.35. The van der Waals surface area contributed by atoms with E-state index in [-0.39, 0.29) is 0 Å². The molecule has 0 atom stereocenters. The van der Waals surface area contributed by atoms with Gasteiger partial charge in [-0.3, -0.25) is 9.67 Å². The van der Waals surface area contributed by atoms with Gasteiger partial charge < -0.3 is 5.32 Å². The van der Waals surface area contributed by atoms with E-state index in [4.69, 9.17) is 4.98 Å². The number of nitrogens with zero attached hydrogens (tertiary/aromatic N) is 6. The van der Waals surface area contributed by atoms with Crippen LogP contribution in [0.3, 0.4) is 0 Å². The van der Waals surface area contributed by atoms with Gasteiger partial charge in [0.25, 0.3) is 0 Å². The van der Waals surface area contributed by atoms with Crippen LogP contribution in [0.4, 0.5) is 11.5 Å². The topological polar surface area (TPSA) is 72.9 Å². The van der Waals surface area contributed by atoms with Crippen LogP contribution in [0.2, 0.25) is 0 Å². The Morgan fingerprint density at radius 3 is 2.61 bits per heavy atom. The molecule has 0 radical (unpaired) electrons. The summed E-state index contributed by atoms with van der Waals surface area (Å²) in [6.45, 7) is 0. The number of fused-ring (bicyclic) bond motifs is 1. The normalized spacial score (nSPS) is 15.2.